The van der Waals surface area contributed by atoms with E-state index in [9.17, 15) is 0 Å². The summed E-state index contributed by atoms with van der Waals surface area (Å²) in [6.07, 6.45) is 4.68. The fraction of sp³-hybridized carbons (Fsp3) is 0.190. The predicted molar refractivity (Wildman–Crippen MR) is 102 cm³/mol. The lowest BCUT2D eigenvalue weighted by Gasteiger charge is -2.50. The topological polar surface area (TPSA) is 53.4 Å². The Morgan fingerprint density at radius 2 is 1.54 bits per heavy atom. The standard InChI is InChI=1S/C21H19N5/c1-2-9-17-16(8-1)20-24-14-7-15-26(20)21(25-17,18-10-3-5-12-22-18)19-11-4-6-13-23-19/h1-6,8-13,25H,7,14-15H2. The monoisotopic (exact) mass is 341 g/mol. The molecule has 0 saturated heterocycles. The van der Waals surface area contributed by atoms with Crippen LogP contribution in [0.5, 0.6) is 0 Å². The van der Waals surface area contributed by atoms with Gasteiger partial charge in [-0.05, 0) is 42.8 Å². The number of fused-ring (bicyclic) bond motifs is 3. The zero-order valence-corrected chi connectivity index (χ0v) is 14.3. The molecule has 5 nitrogen and oxygen atoms in total. The number of pyridine rings is 2. The minimum Gasteiger partial charge on any atom is -0.352 e. The molecule has 5 rings (SSSR count). The van der Waals surface area contributed by atoms with Crippen LogP contribution in [-0.2, 0) is 5.66 Å². The summed E-state index contributed by atoms with van der Waals surface area (Å²) in [5, 5.41) is 3.76. The first-order valence-electron chi connectivity index (χ1n) is 8.92. The molecule has 26 heavy (non-hydrogen) atoms. The third-order valence-electron chi connectivity index (χ3n) is 5.02. The zero-order chi connectivity index (χ0) is 17.4. The molecule has 4 heterocycles. The Bertz CT molecular complexity index is 913. The normalized spacial score (nSPS) is 17.5. The molecule has 0 fully saturated rings. The van der Waals surface area contributed by atoms with Crippen LogP contribution < -0.4 is 5.32 Å². The summed E-state index contributed by atoms with van der Waals surface area (Å²) in [5.41, 5.74) is 3.36. The number of aromatic nitrogens is 2. The number of hydrogen-bond donors (Lipinski definition) is 1. The molecular weight excluding hydrogens is 322 g/mol. The lowest BCUT2D eigenvalue weighted by atomic mass is 9.90. The third-order valence-corrected chi connectivity index (χ3v) is 5.02. The summed E-state index contributed by atoms with van der Waals surface area (Å²) in [7, 11) is 0. The SMILES string of the molecule is c1ccc(C2(c3ccccn3)Nc3ccccc3C3=NCCCN32)nc1. The van der Waals surface area contributed by atoms with E-state index in [0.717, 1.165) is 48.0 Å². The van der Waals surface area contributed by atoms with E-state index in [1.54, 1.807) is 0 Å². The maximum Gasteiger partial charge on any atom is 0.199 e. The van der Waals surface area contributed by atoms with Crippen molar-refractivity contribution in [1.82, 2.24) is 14.9 Å². The van der Waals surface area contributed by atoms with Crippen molar-refractivity contribution in [3.8, 4) is 0 Å². The first-order valence-corrected chi connectivity index (χ1v) is 8.92. The Kier molecular flexibility index (Phi) is 3.45. The number of anilines is 1. The molecule has 2 aliphatic heterocycles. The Labute approximate surface area is 152 Å². The maximum atomic E-state index is 4.89. The van der Waals surface area contributed by atoms with Crippen LogP contribution in [0.25, 0.3) is 0 Å². The number of amidine groups is 1. The summed E-state index contributed by atoms with van der Waals surface area (Å²) < 4.78 is 0. The Hall–Kier alpha value is -3.21. The highest BCUT2D eigenvalue weighted by atomic mass is 15.4. The average Bonchev–Trinajstić information content (AvgIpc) is 2.74. The quantitative estimate of drug-likeness (QED) is 0.777. The van der Waals surface area contributed by atoms with Crippen LogP contribution in [0.3, 0.4) is 0 Å². The van der Waals surface area contributed by atoms with Crippen molar-refractivity contribution in [1.29, 1.82) is 0 Å². The molecule has 1 aromatic carbocycles. The van der Waals surface area contributed by atoms with Gasteiger partial charge in [-0.25, -0.2) is 0 Å². The summed E-state index contributed by atoms with van der Waals surface area (Å²) in [6, 6.07) is 20.4. The Morgan fingerprint density at radius 1 is 0.846 bits per heavy atom. The zero-order valence-electron chi connectivity index (χ0n) is 14.3. The first kappa shape index (κ1) is 15.1. The molecule has 0 atom stereocenters. The molecule has 0 amide bonds. The van der Waals surface area contributed by atoms with Crippen molar-refractivity contribution in [3.05, 3.63) is 90.0 Å². The van der Waals surface area contributed by atoms with E-state index in [1.807, 2.05) is 42.7 Å². The van der Waals surface area contributed by atoms with Crippen LogP contribution in [0.2, 0.25) is 0 Å². The number of benzene rings is 1. The van der Waals surface area contributed by atoms with Crippen LogP contribution in [0, 0.1) is 0 Å². The fourth-order valence-corrected chi connectivity index (χ4v) is 3.90. The molecular formula is C21H19N5. The van der Waals surface area contributed by atoms with Crippen LogP contribution in [0.4, 0.5) is 5.69 Å². The second kappa shape index (κ2) is 5.95. The van der Waals surface area contributed by atoms with Crippen molar-refractivity contribution in [2.45, 2.75) is 12.1 Å². The predicted octanol–water partition coefficient (Wildman–Crippen LogP) is 3.26. The largest absolute Gasteiger partial charge is 0.352 e. The molecule has 0 bridgehead atoms. The van der Waals surface area contributed by atoms with E-state index >= 15 is 0 Å². The smallest absolute Gasteiger partial charge is 0.199 e. The van der Waals surface area contributed by atoms with Crippen LogP contribution in [0.15, 0.2) is 78.0 Å². The molecule has 0 saturated carbocycles. The van der Waals surface area contributed by atoms with E-state index in [1.165, 1.54) is 0 Å². The number of aliphatic imine (C=N–C) groups is 1. The summed E-state index contributed by atoms with van der Waals surface area (Å²) in [4.78, 5) is 16.6. The van der Waals surface area contributed by atoms with Gasteiger partial charge in [0.05, 0.1) is 11.4 Å². The molecule has 5 heteroatoms. The van der Waals surface area contributed by atoms with Crippen LogP contribution >= 0.6 is 0 Å². The van der Waals surface area contributed by atoms with E-state index in [-0.39, 0.29) is 0 Å². The Morgan fingerprint density at radius 3 is 2.23 bits per heavy atom. The molecule has 0 radical (unpaired) electrons. The molecule has 2 aromatic heterocycles. The number of para-hydroxylation sites is 1. The van der Waals surface area contributed by atoms with Gasteiger partial charge in [0.1, 0.15) is 5.84 Å². The number of nitrogens with one attached hydrogen (secondary N) is 1. The highest BCUT2D eigenvalue weighted by molar-refractivity contribution is 6.06. The molecule has 1 N–H and O–H groups in total. The maximum absolute atomic E-state index is 4.89. The van der Waals surface area contributed by atoms with Gasteiger partial charge >= 0.3 is 0 Å². The minimum absolute atomic E-state index is 0.671. The second-order valence-corrected chi connectivity index (χ2v) is 6.52. The van der Waals surface area contributed by atoms with Gasteiger partial charge in [0, 0.05) is 36.7 Å². The van der Waals surface area contributed by atoms with E-state index < -0.39 is 5.66 Å². The Balaban J connectivity index is 1.82. The minimum atomic E-state index is -0.671. The number of hydrogen-bond acceptors (Lipinski definition) is 5. The summed E-state index contributed by atoms with van der Waals surface area (Å²) in [6.45, 7) is 1.74. The van der Waals surface area contributed by atoms with Gasteiger partial charge < -0.3 is 10.2 Å². The van der Waals surface area contributed by atoms with Gasteiger partial charge in [0.15, 0.2) is 5.66 Å². The van der Waals surface area contributed by atoms with E-state index in [2.05, 4.69) is 40.5 Å². The molecule has 2 aliphatic rings. The average molecular weight is 341 g/mol. The van der Waals surface area contributed by atoms with Crippen molar-refractivity contribution in [2.24, 2.45) is 4.99 Å². The second-order valence-electron chi connectivity index (χ2n) is 6.52. The van der Waals surface area contributed by atoms with Crippen LogP contribution in [-0.4, -0.2) is 33.8 Å². The lowest BCUT2D eigenvalue weighted by Crippen LogP contribution is -2.60. The van der Waals surface area contributed by atoms with Gasteiger partial charge in [0.25, 0.3) is 0 Å². The highest BCUT2D eigenvalue weighted by Gasteiger charge is 2.48. The van der Waals surface area contributed by atoms with Gasteiger partial charge in [0.2, 0.25) is 0 Å². The first-order chi connectivity index (χ1) is 12.9. The number of rotatable bonds is 2. The van der Waals surface area contributed by atoms with Crippen LogP contribution in [0.1, 0.15) is 23.4 Å². The third kappa shape index (κ3) is 2.13. The lowest BCUT2D eigenvalue weighted by molar-refractivity contribution is 0.224. The van der Waals surface area contributed by atoms with Crippen molar-refractivity contribution in [2.75, 3.05) is 18.4 Å². The summed E-state index contributed by atoms with van der Waals surface area (Å²) in [5.74, 6) is 1.02. The molecule has 0 aliphatic carbocycles. The molecule has 0 unspecified atom stereocenters. The van der Waals surface area contributed by atoms with Crippen molar-refractivity contribution < 1.29 is 0 Å². The van der Waals surface area contributed by atoms with Gasteiger partial charge in [-0.3, -0.25) is 15.0 Å². The van der Waals surface area contributed by atoms with E-state index in [4.69, 9.17) is 15.0 Å². The van der Waals surface area contributed by atoms with Gasteiger partial charge in [-0.15, -0.1) is 0 Å². The summed E-state index contributed by atoms with van der Waals surface area (Å²) >= 11 is 0. The molecule has 3 aromatic rings. The highest BCUT2D eigenvalue weighted by Crippen LogP contribution is 2.42. The van der Waals surface area contributed by atoms with Gasteiger partial charge in [-0.1, -0.05) is 24.3 Å². The van der Waals surface area contributed by atoms with Gasteiger partial charge in [-0.2, -0.15) is 0 Å². The molecule has 128 valence electrons. The number of nitrogens with zero attached hydrogens (tertiary/aromatic N) is 4. The van der Waals surface area contributed by atoms with E-state index in [0.29, 0.717) is 0 Å². The molecule has 0 spiro atoms. The van der Waals surface area contributed by atoms with Crippen molar-refractivity contribution >= 4 is 11.5 Å². The van der Waals surface area contributed by atoms with Crippen molar-refractivity contribution in [3.63, 3.8) is 0 Å². The fourth-order valence-electron chi connectivity index (χ4n) is 3.90.